The minimum atomic E-state index is 0.736. The molecule has 28 heavy (non-hydrogen) atoms. The van der Waals surface area contributed by atoms with E-state index < -0.39 is 0 Å². The number of hydrogen-bond donors (Lipinski definition) is 0. The van der Waals surface area contributed by atoms with E-state index in [1.807, 2.05) is 0 Å². The lowest BCUT2D eigenvalue weighted by atomic mass is 10.1. The van der Waals surface area contributed by atoms with Crippen LogP contribution in [-0.2, 0) is 6.54 Å². The lowest BCUT2D eigenvalue weighted by molar-refractivity contribution is 0.694. The molecule has 3 heteroatoms. The van der Waals surface area contributed by atoms with Gasteiger partial charge in [0, 0.05) is 11.1 Å². The summed E-state index contributed by atoms with van der Waals surface area (Å²) in [6, 6.07) is 25.7. The van der Waals surface area contributed by atoms with E-state index in [4.69, 9.17) is 5.10 Å². The Kier molecular flexibility index (Phi) is 5.19. The second kappa shape index (κ2) is 7.76. The Labute approximate surface area is 175 Å². The summed E-state index contributed by atoms with van der Waals surface area (Å²) >= 11 is 3.86. The molecular formula is C25H23BrN2. The first kappa shape index (κ1) is 18.7. The lowest BCUT2D eigenvalue weighted by Crippen LogP contribution is -2.05. The average molecular weight is 431 g/mol. The Hall–Kier alpha value is -2.65. The third-order valence-electron chi connectivity index (χ3n) is 5.13. The molecule has 0 unspecified atom stereocenters. The first-order valence-electron chi connectivity index (χ1n) is 9.48. The van der Waals surface area contributed by atoms with Gasteiger partial charge < -0.3 is 0 Å². The van der Waals surface area contributed by atoms with Crippen LogP contribution >= 0.6 is 15.9 Å². The standard InChI is InChI=1S/C25H23BrN2/c1-17-8-12-20(13-9-17)24-23(26)25(21-14-10-18(2)11-15-21)28(27-24)16-22-7-5-4-6-19(22)3/h4-15H,16H2,1-3H3. The topological polar surface area (TPSA) is 17.8 Å². The predicted molar refractivity (Wildman–Crippen MR) is 121 cm³/mol. The monoisotopic (exact) mass is 430 g/mol. The molecule has 0 fully saturated rings. The Bertz CT molecular complexity index is 1110. The molecule has 0 aliphatic rings. The average Bonchev–Trinajstić information content (AvgIpc) is 3.01. The van der Waals surface area contributed by atoms with Crippen LogP contribution in [0.1, 0.15) is 22.3 Å². The van der Waals surface area contributed by atoms with Gasteiger partial charge in [-0.3, -0.25) is 4.68 Å². The maximum atomic E-state index is 5.01. The van der Waals surface area contributed by atoms with Crippen molar-refractivity contribution in [2.75, 3.05) is 0 Å². The van der Waals surface area contributed by atoms with Crippen molar-refractivity contribution in [2.24, 2.45) is 0 Å². The number of aryl methyl sites for hydroxylation is 3. The van der Waals surface area contributed by atoms with Crippen molar-refractivity contribution < 1.29 is 0 Å². The molecular weight excluding hydrogens is 408 g/mol. The third kappa shape index (κ3) is 3.67. The van der Waals surface area contributed by atoms with Crippen molar-refractivity contribution in [3.05, 3.63) is 99.5 Å². The first-order chi connectivity index (χ1) is 13.5. The molecule has 0 radical (unpaired) electrons. The molecule has 4 rings (SSSR count). The second-order valence-electron chi connectivity index (χ2n) is 7.33. The summed E-state index contributed by atoms with van der Waals surface area (Å²) in [4.78, 5) is 0. The van der Waals surface area contributed by atoms with Gasteiger partial charge in [0.25, 0.3) is 0 Å². The highest BCUT2D eigenvalue weighted by Crippen LogP contribution is 2.37. The van der Waals surface area contributed by atoms with E-state index in [-0.39, 0.29) is 0 Å². The molecule has 0 aliphatic heterocycles. The smallest absolute Gasteiger partial charge is 0.107 e. The van der Waals surface area contributed by atoms with Gasteiger partial charge in [-0.05, 0) is 47.8 Å². The summed E-state index contributed by atoms with van der Waals surface area (Å²) in [5, 5.41) is 5.01. The summed E-state index contributed by atoms with van der Waals surface area (Å²) in [6.45, 7) is 7.11. The number of rotatable bonds is 4. The molecule has 3 aromatic carbocycles. The molecule has 2 nitrogen and oxygen atoms in total. The van der Waals surface area contributed by atoms with Gasteiger partial charge in [-0.2, -0.15) is 5.10 Å². The van der Waals surface area contributed by atoms with Gasteiger partial charge in [-0.15, -0.1) is 0 Å². The summed E-state index contributed by atoms with van der Waals surface area (Å²) < 4.78 is 3.15. The molecule has 0 N–H and O–H groups in total. The Morgan fingerprint density at radius 1 is 0.750 bits per heavy atom. The quantitative estimate of drug-likeness (QED) is 0.342. The zero-order valence-electron chi connectivity index (χ0n) is 16.4. The van der Waals surface area contributed by atoms with Crippen LogP contribution in [0.5, 0.6) is 0 Å². The molecule has 0 saturated heterocycles. The molecule has 0 amide bonds. The van der Waals surface area contributed by atoms with Crippen LogP contribution in [0.25, 0.3) is 22.5 Å². The van der Waals surface area contributed by atoms with Gasteiger partial charge in [-0.1, -0.05) is 83.9 Å². The van der Waals surface area contributed by atoms with Crippen LogP contribution in [0.2, 0.25) is 0 Å². The molecule has 0 aliphatic carbocycles. The number of halogens is 1. The minimum Gasteiger partial charge on any atom is -0.259 e. The SMILES string of the molecule is Cc1ccc(-c2nn(Cc3ccccc3C)c(-c3ccc(C)cc3)c2Br)cc1. The van der Waals surface area contributed by atoms with E-state index >= 15 is 0 Å². The van der Waals surface area contributed by atoms with Crippen LogP contribution in [0.4, 0.5) is 0 Å². The Morgan fingerprint density at radius 2 is 1.32 bits per heavy atom. The maximum absolute atomic E-state index is 5.01. The zero-order chi connectivity index (χ0) is 19.7. The van der Waals surface area contributed by atoms with Gasteiger partial charge >= 0.3 is 0 Å². The van der Waals surface area contributed by atoms with E-state index in [1.165, 1.54) is 22.3 Å². The molecule has 0 saturated carbocycles. The number of benzene rings is 3. The summed E-state index contributed by atoms with van der Waals surface area (Å²) in [6.07, 6.45) is 0. The van der Waals surface area contributed by atoms with Gasteiger partial charge in [0.05, 0.1) is 16.7 Å². The fourth-order valence-electron chi connectivity index (χ4n) is 3.39. The predicted octanol–water partition coefficient (Wildman–Crippen LogP) is 6.95. The Balaban J connectivity index is 1.87. The van der Waals surface area contributed by atoms with Crippen LogP contribution < -0.4 is 0 Å². The molecule has 0 spiro atoms. The van der Waals surface area contributed by atoms with E-state index in [1.54, 1.807) is 0 Å². The minimum absolute atomic E-state index is 0.736. The van der Waals surface area contributed by atoms with Crippen LogP contribution in [0.3, 0.4) is 0 Å². The lowest BCUT2D eigenvalue weighted by Gasteiger charge is -2.10. The van der Waals surface area contributed by atoms with Crippen LogP contribution in [-0.4, -0.2) is 9.78 Å². The largest absolute Gasteiger partial charge is 0.259 e. The van der Waals surface area contributed by atoms with Gasteiger partial charge in [-0.25, -0.2) is 0 Å². The zero-order valence-corrected chi connectivity index (χ0v) is 18.0. The molecule has 0 atom stereocenters. The van der Waals surface area contributed by atoms with Crippen molar-refractivity contribution in [3.63, 3.8) is 0 Å². The van der Waals surface area contributed by atoms with Crippen molar-refractivity contribution >= 4 is 15.9 Å². The van der Waals surface area contributed by atoms with Gasteiger partial charge in [0.1, 0.15) is 5.69 Å². The normalized spacial score (nSPS) is 11.0. The molecule has 1 aromatic heterocycles. The number of hydrogen-bond acceptors (Lipinski definition) is 1. The van der Waals surface area contributed by atoms with Crippen molar-refractivity contribution in [3.8, 4) is 22.5 Å². The summed E-state index contributed by atoms with van der Waals surface area (Å²) in [5.74, 6) is 0. The Morgan fingerprint density at radius 3 is 1.93 bits per heavy atom. The highest BCUT2D eigenvalue weighted by molar-refractivity contribution is 9.10. The van der Waals surface area contributed by atoms with Crippen LogP contribution in [0, 0.1) is 20.8 Å². The van der Waals surface area contributed by atoms with E-state index in [2.05, 4.69) is 114 Å². The van der Waals surface area contributed by atoms with Crippen molar-refractivity contribution in [1.82, 2.24) is 9.78 Å². The van der Waals surface area contributed by atoms with Crippen LogP contribution in [0.15, 0.2) is 77.3 Å². The van der Waals surface area contributed by atoms with E-state index in [9.17, 15) is 0 Å². The fraction of sp³-hybridized carbons (Fsp3) is 0.160. The van der Waals surface area contributed by atoms with Crippen molar-refractivity contribution in [1.29, 1.82) is 0 Å². The van der Waals surface area contributed by atoms with E-state index in [0.717, 1.165) is 33.5 Å². The fourth-order valence-corrected chi connectivity index (χ4v) is 4.13. The molecule has 1 heterocycles. The molecule has 140 valence electrons. The first-order valence-corrected chi connectivity index (χ1v) is 10.3. The summed E-state index contributed by atoms with van der Waals surface area (Å²) in [5.41, 5.74) is 9.43. The highest BCUT2D eigenvalue weighted by atomic mass is 79.9. The van der Waals surface area contributed by atoms with Gasteiger partial charge in [0.15, 0.2) is 0 Å². The summed E-state index contributed by atoms with van der Waals surface area (Å²) in [7, 11) is 0. The molecule has 0 bridgehead atoms. The number of nitrogens with zero attached hydrogens (tertiary/aromatic N) is 2. The maximum Gasteiger partial charge on any atom is 0.107 e. The number of aromatic nitrogens is 2. The van der Waals surface area contributed by atoms with E-state index in [0.29, 0.717) is 0 Å². The molecule has 4 aromatic rings. The second-order valence-corrected chi connectivity index (χ2v) is 8.12. The van der Waals surface area contributed by atoms with Gasteiger partial charge in [0.2, 0.25) is 0 Å². The van der Waals surface area contributed by atoms with Crippen molar-refractivity contribution in [2.45, 2.75) is 27.3 Å². The highest BCUT2D eigenvalue weighted by Gasteiger charge is 2.19. The third-order valence-corrected chi connectivity index (χ3v) is 5.88.